The summed E-state index contributed by atoms with van der Waals surface area (Å²) in [5.74, 6) is 1.01. The molecule has 1 aromatic carbocycles. The minimum Gasteiger partial charge on any atom is -0.444 e. The van der Waals surface area contributed by atoms with Crippen LogP contribution in [-0.2, 0) is 6.54 Å². The average Bonchev–Trinajstić information content (AvgIpc) is 3.06. The van der Waals surface area contributed by atoms with Gasteiger partial charge < -0.3 is 15.1 Å². The highest BCUT2D eigenvalue weighted by Crippen LogP contribution is 2.17. The Balaban J connectivity index is 0.00000364. The molecule has 27 heavy (non-hydrogen) atoms. The molecule has 0 aliphatic heterocycles. The number of nitrogens with one attached hydrogen (secondary N) is 2. The van der Waals surface area contributed by atoms with Gasteiger partial charge in [-0.3, -0.25) is 9.89 Å². The number of benzene rings is 1. The maximum Gasteiger partial charge on any atom is 0.401 e. The molecule has 0 fully saturated rings. The summed E-state index contributed by atoms with van der Waals surface area (Å²) in [6.07, 6.45) is -2.64. The first kappa shape index (κ1) is 23.2. The van der Waals surface area contributed by atoms with Gasteiger partial charge in [0.2, 0.25) is 5.89 Å². The molecule has 6 nitrogen and oxygen atoms in total. The SMILES string of the molecule is CN=C(NCCN(C)CC(F)(F)F)NCc1coc(-c2ccccc2)n1.I. The second-order valence-corrected chi connectivity index (χ2v) is 5.72. The molecular formula is C17H23F3IN5O. The summed E-state index contributed by atoms with van der Waals surface area (Å²) in [5, 5.41) is 6.01. The maximum atomic E-state index is 12.3. The summed E-state index contributed by atoms with van der Waals surface area (Å²) in [6, 6.07) is 9.52. The predicted molar refractivity (Wildman–Crippen MR) is 109 cm³/mol. The largest absolute Gasteiger partial charge is 0.444 e. The van der Waals surface area contributed by atoms with Gasteiger partial charge in [-0.15, -0.1) is 24.0 Å². The number of aromatic nitrogens is 1. The Hall–Kier alpha value is -1.82. The van der Waals surface area contributed by atoms with Gasteiger partial charge in [-0.2, -0.15) is 13.2 Å². The summed E-state index contributed by atoms with van der Waals surface area (Å²) >= 11 is 0. The van der Waals surface area contributed by atoms with E-state index in [2.05, 4.69) is 20.6 Å². The van der Waals surface area contributed by atoms with Crippen molar-refractivity contribution in [3.8, 4) is 11.5 Å². The fourth-order valence-corrected chi connectivity index (χ4v) is 2.25. The Morgan fingerprint density at radius 3 is 2.56 bits per heavy atom. The number of alkyl halides is 3. The molecule has 150 valence electrons. The van der Waals surface area contributed by atoms with E-state index in [9.17, 15) is 13.2 Å². The van der Waals surface area contributed by atoms with Gasteiger partial charge >= 0.3 is 6.18 Å². The lowest BCUT2D eigenvalue weighted by atomic mass is 10.2. The van der Waals surface area contributed by atoms with Gasteiger partial charge in [0.15, 0.2) is 5.96 Å². The van der Waals surface area contributed by atoms with Gasteiger partial charge in [0.1, 0.15) is 6.26 Å². The molecule has 1 aromatic heterocycles. The Morgan fingerprint density at radius 1 is 1.22 bits per heavy atom. The van der Waals surface area contributed by atoms with Crippen LogP contribution in [0.4, 0.5) is 13.2 Å². The topological polar surface area (TPSA) is 65.7 Å². The van der Waals surface area contributed by atoms with E-state index in [1.54, 1.807) is 13.3 Å². The van der Waals surface area contributed by atoms with Crippen LogP contribution >= 0.6 is 24.0 Å². The van der Waals surface area contributed by atoms with E-state index in [1.165, 1.54) is 11.9 Å². The van der Waals surface area contributed by atoms with Crippen molar-refractivity contribution in [2.75, 3.05) is 33.7 Å². The molecule has 0 radical (unpaired) electrons. The summed E-state index contributed by atoms with van der Waals surface area (Å²) in [5.41, 5.74) is 1.58. The molecule has 0 atom stereocenters. The summed E-state index contributed by atoms with van der Waals surface area (Å²) in [6.45, 7) is 0.0129. The van der Waals surface area contributed by atoms with Crippen molar-refractivity contribution in [1.29, 1.82) is 0 Å². The second kappa shape index (κ2) is 11.1. The van der Waals surface area contributed by atoms with E-state index in [-0.39, 0.29) is 30.5 Å². The van der Waals surface area contributed by atoms with Crippen LogP contribution in [0.5, 0.6) is 0 Å². The van der Waals surface area contributed by atoms with Crippen molar-refractivity contribution in [2.45, 2.75) is 12.7 Å². The van der Waals surface area contributed by atoms with Gasteiger partial charge in [0.05, 0.1) is 18.8 Å². The summed E-state index contributed by atoms with van der Waals surface area (Å²) in [4.78, 5) is 9.62. The number of oxazole rings is 1. The van der Waals surface area contributed by atoms with Crippen LogP contribution in [0.15, 0.2) is 46.0 Å². The highest BCUT2D eigenvalue weighted by molar-refractivity contribution is 14.0. The molecule has 1 heterocycles. The number of halogens is 4. The molecule has 0 bridgehead atoms. The summed E-state index contributed by atoms with van der Waals surface area (Å²) in [7, 11) is 3.01. The van der Waals surface area contributed by atoms with Crippen molar-refractivity contribution < 1.29 is 17.6 Å². The molecule has 0 unspecified atom stereocenters. The summed E-state index contributed by atoms with van der Waals surface area (Å²) < 4.78 is 42.3. The molecule has 0 aliphatic rings. The van der Waals surface area contributed by atoms with Gasteiger partial charge in [-0.25, -0.2) is 4.98 Å². The van der Waals surface area contributed by atoms with E-state index in [4.69, 9.17) is 4.42 Å². The van der Waals surface area contributed by atoms with Crippen molar-refractivity contribution in [2.24, 2.45) is 4.99 Å². The monoisotopic (exact) mass is 497 g/mol. The number of rotatable bonds is 7. The zero-order valence-electron chi connectivity index (χ0n) is 15.1. The van der Waals surface area contributed by atoms with Crippen LogP contribution in [0.25, 0.3) is 11.5 Å². The Kier molecular flexibility index (Phi) is 9.56. The lowest BCUT2D eigenvalue weighted by Gasteiger charge is -2.19. The molecule has 2 N–H and O–H groups in total. The zero-order chi connectivity index (χ0) is 19.0. The fraction of sp³-hybridized carbons (Fsp3) is 0.412. The second-order valence-electron chi connectivity index (χ2n) is 5.72. The normalized spacial score (nSPS) is 12.0. The fourth-order valence-electron chi connectivity index (χ4n) is 2.25. The van der Waals surface area contributed by atoms with Crippen LogP contribution in [0.3, 0.4) is 0 Å². The lowest BCUT2D eigenvalue weighted by Crippen LogP contribution is -2.42. The molecule has 0 amide bonds. The number of hydrogen-bond donors (Lipinski definition) is 2. The molecule has 0 spiro atoms. The van der Waals surface area contributed by atoms with E-state index >= 15 is 0 Å². The number of aliphatic imine (C=N–C) groups is 1. The van der Waals surface area contributed by atoms with E-state index in [0.29, 0.717) is 30.6 Å². The van der Waals surface area contributed by atoms with E-state index in [0.717, 1.165) is 5.56 Å². The van der Waals surface area contributed by atoms with Gasteiger partial charge in [0, 0.05) is 25.7 Å². The van der Waals surface area contributed by atoms with Crippen molar-refractivity contribution in [3.05, 3.63) is 42.3 Å². The number of hydrogen-bond acceptors (Lipinski definition) is 4. The highest BCUT2D eigenvalue weighted by Gasteiger charge is 2.28. The minimum absolute atomic E-state index is 0. The molecule has 0 saturated carbocycles. The molecule has 2 rings (SSSR count). The molecular weight excluding hydrogens is 474 g/mol. The van der Waals surface area contributed by atoms with Crippen LogP contribution in [0, 0.1) is 0 Å². The quantitative estimate of drug-likeness (QED) is 0.350. The Labute approximate surface area is 173 Å². The third-order valence-corrected chi connectivity index (χ3v) is 3.47. The van der Waals surface area contributed by atoms with E-state index < -0.39 is 12.7 Å². The lowest BCUT2D eigenvalue weighted by molar-refractivity contribution is -0.142. The van der Waals surface area contributed by atoms with Gasteiger partial charge in [0.25, 0.3) is 0 Å². The van der Waals surface area contributed by atoms with Crippen molar-refractivity contribution in [3.63, 3.8) is 0 Å². The predicted octanol–water partition coefficient (Wildman–Crippen LogP) is 3.12. The van der Waals surface area contributed by atoms with Crippen LogP contribution in [0.2, 0.25) is 0 Å². The van der Waals surface area contributed by atoms with Crippen LogP contribution in [0.1, 0.15) is 5.69 Å². The Morgan fingerprint density at radius 2 is 1.93 bits per heavy atom. The number of nitrogens with zero attached hydrogens (tertiary/aromatic N) is 3. The molecule has 0 saturated heterocycles. The van der Waals surface area contributed by atoms with Gasteiger partial charge in [-0.05, 0) is 19.2 Å². The minimum atomic E-state index is -4.20. The molecule has 2 aromatic rings. The maximum absolute atomic E-state index is 12.3. The van der Waals surface area contributed by atoms with Crippen molar-refractivity contribution in [1.82, 2.24) is 20.5 Å². The first-order chi connectivity index (χ1) is 12.4. The van der Waals surface area contributed by atoms with Gasteiger partial charge in [-0.1, -0.05) is 18.2 Å². The van der Waals surface area contributed by atoms with Crippen LogP contribution < -0.4 is 10.6 Å². The third kappa shape index (κ3) is 8.61. The Bertz CT molecular complexity index is 706. The van der Waals surface area contributed by atoms with Crippen molar-refractivity contribution >= 4 is 29.9 Å². The number of guanidine groups is 1. The first-order valence-electron chi connectivity index (χ1n) is 8.07. The zero-order valence-corrected chi connectivity index (χ0v) is 17.4. The molecule has 0 aliphatic carbocycles. The first-order valence-corrected chi connectivity index (χ1v) is 8.07. The number of likely N-dealkylation sites (N-methyl/N-ethyl adjacent to an activating group) is 1. The smallest absolute Gasteiger partial charge is 0.401 e. The highest BCUT2D eigenvalue weighted by atomic mass is 127. The molecule has 10 heteroatoms. The van der Waals surface area contributed by atoms with E-state index in [1.807, 2.05) is 30.3 Å². The third-order valence-electron chi connectivity index (χ3n) is 3.47. The standard InChI is InChI=1S/C17H22F3N5O.HI/c1-21-16(22-8-9-25(2)12-17(18,19)20)23-10-14-11-26-15(24-14)13-6-4-3-5-7-13;/h3-7,11H,8-10,12H2,1-2H3,(H2,21,22,23);1H. The van der Waals surface area contributed by atoms with Crippen LogP contribution in [-0.4, -0.2) is 55.7 Å². The average molecular weight is 497 g/mol.